The Labute approximate surface area is 691 Å². The van der Waals surface area contributed by atoms with Crippen molar-refractivity contribution in [3.8, 4) is 56.0 Å². The van der Waals surface area contributed by atoms with Crippen LogP contribution in [0.2, 0.25) is 0 Å². The largest absolute Gasteiger partial charge is 0.493 e. The first-order chi connectivity index (χ1) is 58.8. The quantitative estimate of drug-likeness (QED) is 0.0842. The fourth-order valence-electron chi connectivity index (χ4n) is 21.5. The summed E-state index contributed by atoms with van der Waals surface area (Å²) in [7, 11) is 0. The Morgan fingerprint density at radius 2 is 0.555 bits per heavy atom. The number of furan rings is 2. The molecule has 8 heteroatoms. The SMILES string of the molecule is CCC1(COc2ccc(C3(c4ccccc4)c4ccccc4-c4ccc(N(c5ccc6c(c5)C5(c7ccccc7-6)c6ccccc6-c6ccc(N(c7ccc8c(c7)C(c7ccccc7)(c7ccc(OCC9(CC)COC9)cc7)c7ccccc7-8)c7cccc8oc9ccccc9c78)cc65)c5cccc6oc7ccccc7c56)cc43)cc2)COC1. The lowest BCUT2D eigenvalue weighted by Crippen LogP contribution is -2.46. The second-order valence-corrected chi connectivity index (χ2v) is 33.6. The van der Waals surface area contributed by atoms with E-state index in [9.17, 15) is 0 Å². The number of ether oxygens (including phenoxy) is 4. The number of anilines is 6. The van der Waals surface area contributed by atoms with Crippen LogP contribution < -0.4 is 19.3 Å². The smallest absolute Gasteiger partial charge is 0.137 e. The second-order valence-electron chi connectivity index (χ2n) is 33.6. The van der Waals surface area contributed by atoms with Crippen LogP contribution in [0.4, 0.5) is 34.1 Å². The third kappa shape index (κ3) is 9.99. The van der Waals surface area contributed by atoms with Crippen LogP contribution in [0.5, 0.6) is 11.5 Å². The maximum absolute atomic E-state index is 6.90. The Hall–Kier alpha value is -13.8. The minimum absolute atomic E-state index is 0.0330. The molecule has 2 atom stereocenters. The highest BCUT2D eigenvalue weighted by molar-refractivity contribution is 6.15. The summed E-state index contributed by atoms with van der Waals surface area (Å²) in [4.78, 5) is 5.05. The van der Waals surface area contributed by atoms with Crippen LogP contribution in [-0.4, -0.2) is 39.6 Å². The van der Waals surface area contributed by atoms with Crippen LogP contribution in [0.25, 0.3) is 88.4 Å². The van der Waals surface area contributed by atoms with Crippen molar-refractivity contribution in [3.63, 3.8) is 0 Å². The van der Waals surface area contributed by atoms with E-state index in [1.165, 1.54) is 100 Å². The summed E-state index contributed by atoms with van der Waals surface area (Å²) in [5.74, 6) is 1.70. The molecule has 119 heavy (non-hydrogen) atoms. The molecule has 0 radical (unpaired) electrons. The van der Waals surface area contributed by atoms with E-state index >= 15 is 0 Å². The Bertz CT molecular complexity index is 6700. The van der Waals surface area contributed by atoms with Crippen molar-refractivity contribution in [2.24, 2.45) is 10.8 Å². The average Bonchev–Trinajstić information content (AvgIpc) is 1.51. The Kier molecular flexibility index (Phi) is 15.6. The Balaban J connectivity index is 0.722. The van der Waals surface area contributed by atoms with E-state index in [4.69, 9.17) is 27.8 Å². The van der Waals surface area contributed by atoms with E-state index in [2.05, 4.69) is 388 Å². The first-order valence-corrected chi connectivity index (χ1v) is 41.9. The van der Waals surface area contributed by atoms with Gasteiger partial charge in [-0.25, -0.2) is 0 Å². The molecular weight excluding hydrogens is 1460 g/mol. The van der Waals surface area contributed by atoms with Crippen LogP contribution in [-0.2, 0) is 25.7 Å². The minimum Gasteiger partial charge on any atom is -0.493 e. The number of rotatable bonds is 18. The van der Waals surface area contributed by atoms with Crippen molar-refractivity contribution < 1.29 is 27.8 Å². The molecule has 4 aliphatic carbocycles. The van der Waals surface area contributed by atoms with Gasteiger partial charge in [-0.1, -0.05) is 269 Å². The molecule has 0 amide bonds. The van der Waals surface area contributed by atoms with Gasteiger partial charge in [-0.15, -0.1) is 0 Å². The standard InChI is InChI=1S/C111H82N2O6/c1-3-107(65-114-66-107)69-116-79-53-45-73(46-54-79)109(71-25-7-5-8-26-71)91-35-17-11-29-81(91)85-57-49-75(61-95(85)109)112(99-39-23-43-103-105(99)89-33-15-21-41-101(89)118-103)77-51-59-87-83-31-13-19-37-93(83)111(97(87)63-77)94-38-20-14-32-84(94)88-60-52-78(64-98(88)111)113(100-40-24-44-104-106(100)90-34-16-22-42-102(90)119-104)76-50-58-86-82-30-12-18-36-92(82)110(96(86)62-76,72-27-9-6-10-28-72)74-47-55-80(56-48-74)117-70-108(4-2)67-115-68-108/h5-64H,3-4,65-70H2,1-2H3. The fraction of sp³-hybridized carbons (Fsp3) is 0.135. The summed E-state index contributed by atoms with van der Waals surface area (Å²) >= 11 is 0. The summed E-state index contributed by atoms with van der Waals surface area (Å²) in [6.45, 7) is 8.58. The zero-order chi connectivity index (χ0) is 78.8. The van der Waals surface area contributed by atoms with Gasteiger partial charge in [0.2, 0.25) is 0 Å². The fourth-order valence-corrected chi connectivity index (χ4v) is 21.5. The predicted octanol–water partition coefficient (Wildman–Crippen LogP) is 27.1. The average molecular weight is 1540 g/mol. The van der Waals surface area contributed by atoms with Crippen molar-refractivity contribution >= 4 is 78.0 Å². The molecule has 2 unspecified atom stereocenters. The number of nitrogens with zero attached hydrogens (tertiary/aromatic N) is 2. The molecule has 2 saturated heterocycles. The second kappa shape index (κ2) is 26.6. The van der Waals surface area contributed by atoms with Gasteiger partial charge in [-0.2, -0.15) is 0 Å². The zero-order valence-corrected chi connectivity index (χ0v) is 66.1. The third-order valence-electron chi connectivity index (χ3n) is 27.6. The number of hydrogen-bond acceptors (Lipinski definition) is 8. The summed E-state index contributed by atoms with van der Waals surface area (Å²) < 4.78 is 38.6. The molecule has 16 aromatic carbocycles. The monoisotopic (exact) mass is 1540 g/mol. The summed E-state index contributed by atoms with van der Waals surface area (Å²) in [5, 5.41) is 4.17. The Morgan fingerprint density at radius 1 is 0.261 bits per heavy atom. The normalized spacial score (nSPS) is 18.2. The molecule has 2 aliphatic heterocycles. The lowest BCUT2D eigenvalue weighted by atomic mass is 9.67. The van der Waals surface area contributed by atoms with Crippen LogP contribution >= 0.6 is 0 Å². The summed E-state index contributed by atoms with van der Waals surface area (Å²) in [6.07, 6.45) is 2.00. The van der Waals surface area contributed by atoms with Crippen molar-refractivity contribution in [2.45, 2.75) is 42.9 Å². The van der Waals surface area contributed by atoms with Crippen LogP contribution in [0.3, 0.4) is 0 Å². The maximum Gasteiger partial charge on any atom is 0.137 e. The van der Waals surface area contributed by atoms with Gasteiger partial charge < -0.3 is 37.6 Å². The van der Waals surface area contributed by atoms with E-state index in [1.807, 2.05) is 0 Å². The van der Waals surface area contributed by atoms with Gasteiger partial charge in [0.15, 0.2) is 0 Å². The third-order valence-corrected chi connectivity index (χ3v) is 27.6. The van der Waals surface area contributed by atoms with Gasteiger partial charge in [-0.3, -0.25) is 0 Å². The van der Waals surface area contributed by atoms with E-state index in [-0.39, 0.29) is 10.8 Å². The van der Waals surface area contributed by atoms with E-state index < -0.39 is 16.2 Å². The van der Waals surface area contributed by atoms with Gasteiger partial charge in [-0.05, 0) is 233 Å². The van der Waals surface area contributed by atoms with E-state index in [0.717, 1.165) is 140 Å². The molecule has 0 N–H and O–H groups in total. The molecule has 2 aromatic heterocycles. The molecule has 8 nitrogen and oxygen atoms in total. The van der Waals surface area contributed by atoms with Gasteiger partial charge in [0.05, 0.1) is 88.9 Å². The number of benzene rings is 16. The number of para-hydroxylation sites is 2. The molecule has 0 saturated carbocycles. The van der Waals surface area contributed by atoms with E-state index in [0.29, 0.717) is 13.2 Å². The predicted molar refractivity (Wildman–Crippen MR) is 479 cm³/mol. The first kappa shape index (κ1) is 69.5. The number of hydrogen-bond donors (Lipinski definition) is 0. The van der Waals surface area contributed by atoms with Crippen LogP contribution in [0.1, 0.15) is 93.5 Å². The van der Waals surface area contributed by atoms with Gasteiger partial charge in [0.25, 0.3) is 0 Å². The zero-order valence-electron chi connectivity index (χ0n) is 66.1. The van der Waals surface area contributed by atoms with E-state index in [1.54, 1.807) is 0 Å². The van der Waals surface area contributed by atoms with Crippen molar-refractivity contribution in [1.82, 2.24) is 0 Å². The summed E-state index contributed by atoms with van der Waals surface area (Å²) in [5.41, 5.74) is 31.1. The molecule has 572 valence electrons. The first-order valence-electron chi connectivity index (χ1n) is 41.9. The molecule has 6 aliphatic rings. The van der Waals surface area contributed by atoms with Crippen molar-refractivity contribution in [3.05, 3.63) is 431 Å². The van der Waals surface area contributed by atoms with Gasteiger partial charge in [0, 0.05) is 33.5 Å². The molecular formula is C111H82N2O6. The molecule has 24 rings (SSSR count). The Morgan fingerprint density at radius 3 is 0.899 bits per heavy atom. The topological polar surface area (TPSA) is 69.7 Å². The van der Waals surface area contributed by atoms with Crippen molar-refractivity contribution in [1.29, 1.82) is 0 Å². The lowest BCUT2D eigenvalue weighted by molar-refractivity contribution is -0.133. The molecule has 4 heterocycles. The van der Waals surface area contributed by atoms with Crippen LogP contribution in [0.15, 0.2) is 373 Å². The molecule has 18 aromatic rings. The highest BCUT2D eigenvalue weighted by Gasteiger charge is 2.54. The van der Waals surface area contributed by atoms with Crippen LogP contribution in [0, 0.1) is 10.8 Å². The molecule has 1 spiro atoms. The minimum atomic E-state index is -0.828. The molecule has 0 bridgehead atoms. The maximum atomic E-state index is 6.90. The highest BCUT2D eigenvalue weighted by atomic mass is 16.5. The lowest BCUT2D eigenvalue weighted by Gasteiger charge is -2.40. The van der Waals surface area contributed by atoms with Gasteiger partial charge >= 0.3 is 0 Å². The molecule has 2 fully saturated rings. The number of fused-ring (bicyclic) bond motifs is 22. The highest BCUT2D eigenvalue weighted by Crippen LogP contribution is 2.66. The van der Waals surface area contributed by atoms with Gasteiger partial charge in [0.1, 0.15) is 33.8 Å². The summed E-state index contributed by atoms with van der Waals surface area (Å²) in [6, 6.07) is 136. The van der Waals surface area contributed by atoms with Crippen molar-refractivity contribution in [2.75, 3.05) is 49.4 Å².